The van der Waals surface area contributed by atoms with Gasteiger partial charge in [0.2, 0.25) is 0 Å². The Balaban J connectivity index is 2.00. The second-order valence-electron chi connectivity index (χ2n) is 6.91. The van der Waals surface area contributed by atoms with Crippen molar-refractivity contribution in [1.29, 1.82) is 0 Å². The molecular formula is C16H26N4O2. The van der Waals surface area contributed by atoms with Gasteiger partial charge in [-0.15, -0.1) is 5.06 Å². The van der Waals surface area contributed by atoms with Crippen LogP contribution in [0, 0.1) is 12.3 Å². The Labute approximate surface area is 132 Å². The molecule has 0 amide bonds. The van der Waals surface area contributed by atoms with Gasteiger partial charge in [0.1, 0.15) is 5.82 Å². The molecule has 122 valence electrons. The van der Waals surface area contributed by atoms with Crippen molar-refractivity contribution >= 4 is 17.5 Å². The number of pyridine rings is 1. The first-order valence-corrected chi connectivity index (χ1v) is 7.65. The van der Waals surface area contributed by atoms with Crippen LogP contribution in [-0.4, -0.2) is 41.7 Å². The predicted molar refractivity (Wildman–Crippen MR) is 87.3 cm³/mol. The van der Waals surface area contributed by atoms with Gasteiger partial charge in [-0.05, 0) is 46.8 Å². The summed E-state index contributed by atoms with van der Waals surface area (Å²) in [5, 5.41) is 1.77. The third-order valence-electron chi connectivity index (χ3n) is 3.82. The summed E-state index contributed by atoms with van der Waals surface area (Å²) in [4.78, 5) is 24.3. The lowest BCUT2D eigenvalue weighted by Gasteiger charge is -2.39. The first-order valence-electron chi connectivity index (χ1n) is 7.65. The summed E-state index contributed by atoms with van der Waals surface area (Å²) in [6.07, 6.45) is 0. The van der Waals surface area contributed by atoms with E-state index in [1.807, 2.05) is 46.8 Å². The Hall–Kier alpha value is -1.82. The Morgan fingerprint density at radius 1 is 1.36 bits per heavy atom. The SMILES string of the molecule is Cc1nc(N2CCN(OC(=O)C(C)(C)C)[C@H](C)C2)ccc1N. The summed E-state index contributed by atoms with van der Waals surface area (Å²) in [5.41, 5.74) is 6.87. The molecule has 0 aromatic carbocycles. The molecule has 1 aromatic rings. The van der Waals surface area contributed by atoms with Crippen LogP contribution in [0.2, 0.25) is 0 Å². The molecule has 0 aliphatic carbocycles. The molecule has 1 saturated heterocycles. The van der Waals surface area contributed by atoms with Crippen LogP contribution >= 0.6 is 0 Å². The molecular weight excluding hydrogens is 280 g/mol. The Morgan fingerprint density at radius 3 is 2.59 bits per heavy atom. The van der Waals surface area contributed by atoms with Gasteiger partial charge in [0, 0.05) is 13.1 Å². The fourth-order valence-corrected chi connectivity index (χ4v) is 2.26. The lowest BCUT2D eigenvalue weighted by molar-refractivity contribution is -0.211. The van der Waals surface area contributed by atoms with Crippen LogP contribution in [-0.2, 0) is 9.63 Å². The molecule has 0 radical (unpaired) electrons. The molecule has 0 saturated carbocycles. The number of hydrogen-bond donors (Lipinski definition) is 1. The van der Waals surface area contributed by atoms with E-state index >= 15 is 0 Å². The molecule has 0 spiro atoms. The van der Waals surface area contributed by atoms with Crippen LogP contribution in [0.15, 0.2) is 12.1 Å². The molecule has 0 unspecified atom stereocenters. The summed E-state index contributed by atoms with van der Waals surface area (Å²) in [5.74, 6) is 0.717. The second-order valence-corrected chi connectivity index (χ2v) is 6.91. The second kappa shape index (κ2) is 6.12. The maximum absolute atomic E-state index is 12.0. The van der Waals surface area contributed by atoms with Gasteiger partial charge in [0.25, 0.3) is 0 Å². The van der Waals surface area contributed by atoms with Gasteiger partial charge in [0.05, 0.1) is 29.4 Å². The van der Waals surface area contributed by atoms with E-state index in [9.17, 15) is 4.79 Å². The smallest absolute Gasteiger partial charge is 0.330 e. The molecule has 0 bridgehead atoms. The van der Waals surface area contributed by atoms with E-state index in [2.05, 4.69) is 9.88 Å². The van der Waals surface area contributed by atoms with E-state index in [-0.39, 0.29) is 12.0 Å². The first kappa shape index (κ1) is 16.5. The van der Waals surface area contributed by atoms with E-state index in [0.29, 0.717) is 12.2 Å². The third kappa shape index (κ3) is 3.68. The average Bonchev–Trinajstić information content (AvgIpc) is 2.43. The van der Waals surface area contributed by atoms with Crippen molar-refractivity contribution < 1.29 is 9.63 Å². The number of anilines is 2. The number of hydrogen-bond acceptors (Lipinski definition) is 6. The Morgan fingerprint density at radius 2 is 2.05 bits per heavy atom. The number of carbonyl (C=O) groups excluding carboxylic acids is 1. The maximum atomic E-state index is 12.0. The Bertz CT molecular complexity index is 554. The molecule has 6 heteroatoms. The number of piperazine rings is 1. The fourth-order valence-electron chi connectivity index (χ4n) is 2.26. The van der Waals surface area contributed by atoms with Crippen LogP contribution in [0.3, 0.4) is 0 Å². The number of rotatable bonds is 2. The number of carbonyl (C=O) groups is 1. The zero-order chi connectivity index (χ0) is 16.5. The van der Waals surface area contributed by atoms with Gasteiger partial charge in [-0.1, -0.05) is 0 Å². The van der Waals surface area contributed by atoms with Crippen LogP contribution in [0.5, 0.6) is 0 Å². The molecule has 2 N–H and O–H groups in total. The summed E-state index contributed by atoms with van der Waals surface area (Å²) in [7, 11) is 0. The highest BCUT2D eigenvalue weighted by Gasteiger charge is 2.31. The number of nitrogen functional groups attached to an aromatic ring is 1. The summed E-state index contributed by atoms with van der Waals surface area (Å²) in [6, 6.07) is 3.93. The topological polar surface area (TPSA) is 71.7 Å². The number of aryl methyl sites for hydroxylation is 1. The van der Waals surface area contributed by atoms with Gasteiger partial charge in [-0.25, -0.2) is 9.78 Å². The number of nitrogens with two attached hydrogens (primary N) is 1. The quantitative estimate of drug-likeness (QED) is 0.901. The molecule has 1 atom stereocenters. The maximum Gasteiger partial charge on any atom is 0.330 e. The zero-order valence-corrected chi connectivity index (χ0v) is 14.1. The number of hydroxylamine groups is 2. The highest BCUT2D eigenvalue weighted by atomic mass is 16.7. The van der Waals surface area contributed by atoms with Gasteiger partial charge in [0.15, 0.2) is 0 Å². The van der Waals surface area contributed by atoms with Crippen LogP contribution < -0.4 is 10.6 Å². The van der Waals surface area contributed by atoms with Crippen molar-refractivity contribution in [2.75, 3.05) is 30.3 Å². The van der Waals surface area contributed by atoms with Crippen molar-refractivity contribution in [3.63, 3.8) is 0 Å². The van der Waals surface area contributed by atoms with E-state index in [1.165, 1.54) is 0 Å². The van der Waals surface area contributed by atoms with E-state index in [1.54, 1.807) is 5.06 Å². The van der Waals surface area contributed by atoms with Crippen molar-refractivity contribution in [3.05, 3.63) is 17.8 Å². The molecule has 22 heavy (non-hydrogen) atoms. The number of nitrogens with zero attached hydrogens (tertiary/aromatic N) is 3. The van der Waals surface area contributed by atoms with E-state index in [0.717, 1.165) is 24.6 Å². The molecule has 1 aliphatic heterocycles. The molecule has 2 rings (SSSR count). The highest BCUT2D eigenvalue weighted by molar-refractivity contribution is 5.75. The van der Waals surface area contributed by atoms with Crippen molar-refractivity contribution in [2.24, 2.45) is 5.41 Å². The summed E-state index contributed by atoms with van der Waals surface area (Å²) >= 11 is 0. The van der Waals surface area contributed by atoms with E-state index < -0.39 is 5.41 Å². The van der Waals surface area contributed by atoms with Gasteiger partial charge < -0.3 is 15.5 Å². The molecule has 6 nitrogen and oxygen atoms in total. The first-order chi connectivity index (χ1) is 10.2. The summed E-state index contributed by atoms with van der Waals surface area (Å²) < 4.78 is 0. The van der Waals surface area contributed by atoms with Gasteiger partial charge in [-0.2, -0.15) is 0 Å². The van der Waals surface area contributed by atoms with Crippen LogP contribution in [0.25, 0.3) is 0 Å². The highest BCUT2D eigenvalue weighted by Crippen LogP contribution is 2.22. The molecule has 1 fully saturated rings. The summed E-state index contributed by atoms with van der Waals surface area (Å²) in [6.45, 7) is 11.7. The minimum absolute atomic E-state index is 0.111. The largest absolute Gasteiger partial charge is 0.397 e. The normalized spacial score (nSPS) is 20.0. The van der Waals surface area contributed by atoms with Gasteiger partial charge >= 0.3 is 5.97 Å². The van der Waals surface area contributed by atoms with E-state index in [4.69, 9.17) is 10.6 Å². The number of aromatic nitrogens is 1. The fraction of sp³-hybridized carbons (Fsp3) is 0.625. The average molecular weight is 306 g/mol. The zero-order valence-electron chi connectivity index (χ0n) is 14.1. The van der Waals surface area contributed by atoms with Crippen molar-refractivity contribution in [2.45, 2.75) is 40.7 Å². The lowest BCUT2D eigenvalue weighted by atomic mass is 9.98. The lowest BCUT2D eigenvalue weighted by Crippen LogP contribution is -2.53. The molecule has 1 aliphatic rings. The third-order valence-corrected chi connectivity index (χ3v) is 3.82. The monoisotopic (exact) mass is 306 g/mol. The van der Waals surface area contributed by atoms with Crippen molar-refractivity contribution in [1.82, 2.24) is 10.0 Å². The minimum atomic E-state index is -0.494. The minimum Gasteiger partial charge on any atom is -0.397 e. The van der Waals surface area contributed by atoms with Gasteiger partial charge in [-0.3, -0.25) is 0 Å². The standard InChI is InChI=1S/C16H26N4O2/c1-11-10-19(14-7-6-13(17)12(2)18-14)8-9-20(11)22-15(21)16(3,4)5/h6-7,11H,8-10,17H2,1-5H3/t11-/m1/s1. The Kier molecular flexibility index (Phi) is 4.60. The van der Waals surface area contributed by atoms with Crippen LogP contribution in [0.4, 0.5) is 11.5 Å². The molecule has 2 heterocycles. The molecule has 1 aromatic heterocycles. The van der Waals surface area contributed by atoms with Crippen LogP contribution in [0.1, 0.15) is 33.4 Å². The van der Waals surface area contributed by atoms with Crippen molar-refractivity contribution in [3.8, 4) is 0 Å². The predicted octanol–water partition coefficient (Wildman–Crippen LogP) is 1.99.